The van der Waals surface area contributed by atoms with E-state index in [2.05, 4.69) is 0 Å². The van der Waals surface area contributed by atoms with E-state index in [4.69, 9.17) is 0 Å². The Balaban J connectivity index is 0. The molecular weight excluding hydrogens is 163 g/mol. The van der Waals surface area contributed by atoms with Crippen LogP contribution in [0, 0.1) is 0 Å². The molecule has 0 aromatic rings. The maximum absolute atomic E-state index is 0. The van der Waals surface area contributed by atoms with Gasteiger partial charge in [-0.15, -0.1) is 0 Å². The van der Waals surface area contributed by atoms with Crippen molar-refractivity contribution >= 4 is 13.5 Å². The van der Waals surface area contributed by atoms with Gasteiger partial charge in [-0.3, -0.25) is 0 Å². The zero-order valence-electron chi connectivity index (χ0n) is 1.67. The number of rotatable bonds is 0. The molecule has 0 aliphatic rings. The van der Waals surface area contributed by atoms with Crippen LogP contribution in [0.2, 0.25) is 0 Å². The minimum absolute atomic E-state index is 0. The molecule has 0 aromatic carbocycles. The number of hydrogen-bond donors (Lipinski definition) is 0. The van der Waals surface area contributed by atoms with Crippen molar-refractivity contribution in [3.8, 4) is 0 Å². The summed E-state index contributed by atoms with van der Waals surface area (Å²) < 4.78 is 0. The molecule has 0 spiro atoms. The summed E-state index contributed by atoms with van der Waals surface area (Å²) in [4.78, 5) is 0. The van der Waals surface area contributed by atoms with Gasteiger partial charge < -0.3 is 5.48 Å². The molecular formula is H4FeNiOS. The first-order valence-electron chi connectivity index (χ1n) is 0. The molecule has 1 nitrogen and oxygen atoms in total. The average molecular weight is 167 g/mol. The van der Waals surface area contributed by atoms with Crippen molar-refractivity contribution in [1.29, 1.82) is 0 Å². The third kappa shape index (κ3) is 10.2. The Morgan fingerprint density at radius 3 is 1.00 bits per heavy atom. The van der Waals surface area contributed by atoms with Crippen LogP contribution in [0.25, 0.3) is 0 Å². The molecule has 0 atom stereocenters. The second kappa shape index (κ2) is 27.3. The minimum atomic E-state index is 0. The first-order valence-corrected chi connectivity index (χ1v) is 0. The van der Waals surface area contributed by atoms with Crippen molar-refractivity contribution in [3.05, 3.63) is 0 Å². The monoisotopic (exact) mass is 166 g/mol. The molecule has 0 radical (unpaired) electrons. The summed E-state index contributed by atoms with van der Waals surface area (Å²) in [5.74, 6) is 0. The van der Waals surface area contributed by atoms with Crippen LogP contribution in [-0.2, 0) is 33.6 Å². The summed E-state index contributed by atoms with van der Waals surface area (Å²) in [6.45, 7) is 0. The molecule has 0 bridgehead atoms. The molecule has 0 aliphatic heterocycles. The van der Waals surface area contributed by atoms with Crippen molar-refractivity contribution in [1.82, 2.24) is 0 Å². The summed E-state index contributed by atoms with van der Waals surface area (Å²) in [6.07, 6.45) is 0. The van der Waals surface area contributed by atoms with Crippen LogP contribution in [0.5, 0.6) is 0 Å². The fourth-order valence-electron chi connectivity index (χ4n) is 0. The van der Waals surface area contributed by atoms with E-state index in [1.54, 1.807) is 0 Å². The maximum Gasteiger partial charge on any atom is 0 e. The zero-order chi connectivity index (χ0) is 0. The molecule has 4 heteroatoms. The van der Waals surface area contributed by atoms with Gasteiger partial charge in [0.25, 0.3) is 0 Å². The first-order chi connectivity index (χ1) is 0. The molecule has 0 unspecified atom stereocenters. The van der Waals surface area contributed by atoms with E-state index < -0.39 is 0 Å². The molecule has 0 saturated heterocycles. The van der Waals surface area contributed by atoms with Gasteiger partial charge in [0.1, 0.15) is 0 Å². The van der Waals surface area contributed by atoms with Crippen molar-refractivity contribution in [2.75, 3.05) is 0 Å². The molecule has 4 heavy (non-hydrogen) atoms. The van der Waals surface area contributed by atoms with E-state index in [1.165, 1.54) is 0 Å². The quantitative estimate of drug-likeness (QED) is 0.426. The molecule has 0 amide bonds. The van der Waals surface area contributed by atoms with Crippen LogP contribution in [0.3, 0.4) is 0 Å². The van der Waals surface area contributed by atoms with E-state index in [1.807, 2.05) is 0 Å². The van der Waals surface area contributed by atoms with Crippen molar-refractivity contribution < 1.29 is 39.0 Å². The Bertz CT molecular complexity index is 8.00. The Kier molecular flexibility index (Phi) is 388. The summed E-state index contributed by atoms with van der Waals surface area (Å²) in [5.41, 5.74) is 0. The van der Waals surface area contributed by atoms with Crippen LogP contribution < -0.4 is 0 Å². The van der Waals surface area contributed by atoms with Crippen LogP contribution in [-0.4, -0.2) is 5.48 Å². The second-order valence-electron chi connectivity index (χ2n) is 0. The molecule has 0 aromatic heterocycles. The molecule has 2 N–H and O–H groups in total. The summed E-state index contributed by atoms with van der Waals surface area (Å²) in [6, 6.07) is 0. The van der Waals surface area contributed by atoms with Crippen LogP contribution in [0.1, 0.15) is 0 Å². The van der Waals surface area contributed by atoms with Gasteiger partial charge in [0.15, 0.2) is 0 Å². The van der Waals surface area contributed by atoms with E-state index in [-0.39, 0.29) is 52.5 Å². The summed E-state index contributed by atoms with van der Waals surface area (Å²) in [7, 11) is 0. The van der Waals surface area contributed by atoms with E-state index in [0.29, 0.717) is 0 Å². The predicted molar refractivity (Wildman–Crippen MR) is 14.0 cm³/mol. The topological polar surface area (TPSA) is 31.5 Å². The Labute approximate surface area is 52.7 Å². The van der Waals surface area contributed by atoms with Gasteiger partial charge in [-0.1, -0.05) is 0 Å². The van der Waals surface area contributed by atoms with Gasteiger partial charge in [0, 0.05) is 33.6 Å². The molecule has 34 valence electrons. The zero-order valence-corrected chi connectivity index (χ0v) is 4.76. The SMILES string of the molecule is O.S.[Fe].[Ni]. The molecule has 0 saturated carbocycles. The summed E-state index contributed by atoms with van der Waals surface area (Å²) in [5, 5.41) is 0. The van der Waals surface area contributed by atoms with E-state index in [9.17, 15) is 0 Å². The minimum Gasteiger partial charge on any atom is -0.412 e. The van der Waals surface area contributed by atoms with Gasteiger partial charge >= 0.3 is 0 Å². The van der Waals surface area contributed by atoms with Gasteiger partial charge in [0.2, 0.25) is 0 Å². The normalized spacial score (nSPS) is 0. The van der Waals surface area contributed by atoms with Crippen molar-refractivity contribution in [3.63, 3.8) is 0 Å². The second-order valence-corrected chi connectivity index (χ2v) is 0. The smallest absolute Gasteiger partial charge is 0 e. The molecule has 0 rings (SSSR count). The Morgan fingerprint density at radius 2 is 1.00 bits per heavy atom. The van der Waals surface area contributed by atoms with Gasteiger partial charge in [-0.25, -0.2) is 0 Å². The maximum atomic E-state index is 0. The first kappa shape index (κ1) is 56.8. The Morgan fingerprint density at radius 1 is 1.00 bits per heavy atom. The van der Waals surface area contributed by atoms with E-state index >= 15 is 0 Å². The third-order valence-corrected chi connectivity index (χ3v) is 0. The van der Waals surface area contributed by atoms with Crippen molar-refractivity contribution in [2.24, 2.45) is 0 Å². The molecule has 0 heterocycles. The predicted octanol–water partition coefficient (Wildman–Crippen LogP) is -0.717. The summed E-state index contributed by atoms with van der Waals surface area (Å²) >= 11 is 0. The van der Waals surface area contributed by atoms with Gasteiger partial charge in [-0.2, -0.15) is 13.5 Å². The van der Waals surface area contributed by atoms with Crippen molar-refractivity contribution in [2.45, 2.75) is 0 Å². The van der Waals surface area contributed by atoms with Gasteiger partial charge in [0.05, 0.1) is 0 Å². The van der Waals surface area contributed by atoms with Crippen LogP contribution in [0.15, 0.2) is 0 Å². The molecule has 0 aliphatic carbocycles. The van der Waals surface area contributed by atoms with Crippen LogP contribution in [0.4, 0.5) is 0 Å². The van der Waals surface area contributed by atoms with E-state index in [0.717, 1.165) is 0 Å². The third-order valence-electron chi connectivity index (χ3n) is 0. The average Bonchev–Trinajstić information content (AvgIpc) is 0. The molecule has 0 fully saturated rings. The van der Waals surface area contributed by atoms with Crippen LogP contribution >= 0.6 is 13.5 Å². The standard InChI is InChI=1S/Fe.Ni.H2O.H2S/h;;2*1H2. The number of hydrogen-bond acceptors (Lipinski definition) is 0. The fourth-order valence-corrected chi connectivity index (χ4v) is 0. The largest absolute Gasteiger partial charge is 0.412 e. The fraction of sp³-hybridized carbons (Fsp3) is 0. The Hall–Kier alpha value is 1.32. The van der Waals surface area contributed by atoms with Gasteiger partial charge in [-0.05, 0) is 0 Å².